The molecule has 1 saturated heterocycles. The minimum atomic E-state index is -0.743. The number of carbonyl (C=O) groups excluding carboxylic acids is 3. The number of nitrogens with zero attached hydrogens (tertiary/aromatic N) is 2. The minimum absolute atomic E-state index is 0.0431. The third-order valence-corrected chi connectivity index (χ3v) is 7.32. The van der Waals surface area contributed by atoms with Crippen LogP contribution in [0.25, 0.3) is 6.08 Å². The number of hydrogen-bond acceptors (Lipinski definition) is 4. The molecule has 6 nitrogen and oxygen atoms in total. The summed E-state index contributed by atoms with van der Waals surface area (Å²) in [7, 11) is 2.10. The summed E-state index contributed by atoms with van der Waals surface area (Å²) in [5.74, 6) is -0.972. The number of anilines is 2. The molecule has 0 aliphatic carbocycles. The van der Waals surface area contributed by atoms with Gasteiger partial charge in [0, 0.05) is 22.7 Å². The van der Waals surface area contributed by atoms with E-state index in [2.05, 4.69) is 66.1 Å². The van der Waals surface area contributed by atoms with E-state index in [1.54, 1.807) is 18.2 Å². The predicted molar refractivity (Wildman–Crippen MR) is 135 cm³/mol. The highest BCUT2D eigenvalue weighted by atomic mass is 79.9. The number of amides is 4. The summed E-state index contributed by atoms with van der Waals surface area (Å²) in [6.07, 6.45) is 2.60. The normalized spacial score (nSPS) is 21.4. The Labute approximate surface area is 202 Å². The molecule has 1 unspecified atom stereocenters. The molecule has 2 aliphatic heterocycles. The number of aryl methyl sites for hydroxylation is 2. The van der Waals surface area contributed by atoms with Gasteiger partial charge in [-0.3, -0.25) is 14.9 Å². The molecular weight excluding hydrogens is 482 g/mol. The maximum absolute atomic E-state index is 13.3. The third kappa shape index (κ3) is 3.99. The first-order chi connectivity index (χ1) is 15.4. The zero-order valence-corrected chi connectivity index (χ0v) is 21.3. The van der Waals surface area contributed by atoms with Crippen molar-refractivity contribution in [1.29, 1.82) is 0 Å². The van der Waals surface area contributed by atoms with Crippen molar-refractivity contribution < 1.29 is 14.4 Å². The summed E-state index contributed by atoms with van der Waals surface area (Å²) < 4.78 is 0.840. The topological polar surface area (TPSA) is 69.7 Å². The molecule has 2 aliphatic rings. The average molecular weight is 510 g/mol. The van der Waals surface area contributed by atoms with Crippen LogP contribution >= 0.6 is 15.9 Å². The maximum Gasteiger partial charge on any atom is 0.335 e. The van der Waals surface area contributed by atoms with E-state index < -0.39 is 17.8 Å². The zero-order valence-electron chi connectivity index (χ0n) is 19.7. The van der Waals surface area contributed by atoms with Gasteiger partial charge in [-0.15, -0.1) is 0 Å². The number of benzene rings is 2. The Bertz CT molecular complexity index is 1230. The second-order valence-electron chi connectivity index (χ2n) is 9.63. The van der Waals surface area contributed by atoms with Gasteiger partial charge in [-0.2, -0.15) is 0 Å². The molecule has 7 heteroatoms. The van der Waals surface area contributed by atoms with E-state index in [-0.39, 0.29) is 11.1 Å². The van der Waals surface area contributed by atoms with Crippen LogP contribution in [-0.2, 0) is 9.59 Å². The van der Waals surface area contributed by atoms with E-state index in [9.17, 15) is 14.4 Å². The van der Waals surface area contributed by atoms with Crippen molar-refractivity contribution in [2.75, 3.05) is 16.8 Å². The molecule has 1 N–H and O–H groups in total. The minimum Gasteiger partial charge on any atom is -0.369 e. The van der Waals surface area contributed by atoms with Crippen LogP contribution in [0, 0.1) is 13.8 Å². The summed E-state index contributed by atoms with van der Waals surface area (Å²) in [6.45, 7) is 10.5. The Balaban J connectivity index is 1.78. The second-order valence-corrected chi connectivity index (χ2v) is 10.5. The number of barbiturate groups is 1. The number of urea groups is 1. The van der Waals surface area contributed by atoms with Crippen LogP contribution in [0.4, 0.5) is 16.2 Å². The number of imide groups is 2. The third-order valence-electron chi connectivity index (χ3n) is 6.82. The Morgan fingerprint density at radius 2 is 1.76 bits per heavy atom. The van der Waals surface area contributed by atoms with E-state index in [1.165, 1.54) is 11.3 Å². The summed E-state index contributed by atoms with van der Waals surface area (Å²) in [6, 6.07) is 8.71. The molecule has 0 aromatic heterocycles. The van der Waals surface area contributed by atoms with Crippen molar-refractivity contribution in [3.05, 3.63) is 62.6 Å². The highest BCUT2D eigenvalue weighted by molar-refractivity contribution is 9.10. The Kier molecular flexibility index (Phi) is 5.73. The van der Waals surface area contributed by atoms with Crippen molar-refractivity contribution >= 4 is 51.2 Å². The second kappa shape index (κ2) is 8.13. The van der Waals surface area contributed by atoms with Crippen LogP contribution in [-0.4, -0.2) is 30.4 Å². The van der Waals surface area contributed by atoms with E-state index >= 15 is 0 Å². The fourth-order valence-electron chi connectivity index (χ4n) is 4.79. The Morgan fingerprint density at radius 3 is 2.42 bits per heavy atom. The SMILES string of the molecule is Cc1cc2c(cc1/C=C1/C(=O)NC(=O)N(c3ccc(Br)cc3C)C1=O)C(C)CC(C)(C)N2C. The standard InChI is InChI=1S/C26H28BrN3O3/c1-14-10-22-19(16(3)13-26(4,5)29(22)6)11-17(14)12-20-23(31)28-25(33)30(24(20)32)21-8-7-18(27)9-15(21)2/h7-12,16H,13H2,1-6H3,(H,28,31,33)/b20-12-. The van der Waals surface area contributed by atoms with Gasteiger partial charge < -0.3 is 4.90 Å². The zero-order chi connectivity index (χ0) is 24.2. The van der Waals surface area contributed by atoms with Gasteiger partial charge in [0.1, 0.15) is 5.57 Å². The lowest BCUT2D eigenvalue weighted by Crippen LogP contribution is -2.54. The summed E-state index contributed by atoms with van der Waals surface area (Å²) in [5, 5.41) is 2.32. The Hall–Kier alpha value is -2.93. The Morgan fingerprint density at radius 1 is 1.06 bits per heavy atom. The molecule has 2 aromatic rings. The fraction of sp³-hybridized carbons (Fsp3) is 0.346. The maximum atomic E-state index is 13.3. The predicted octanol–water partition coefficient (Wildman–Crippen LogP) is 5.45. The molecule has 4 amide bonds. The molecule has 1 atom stereocenters. The highest BCUT2D eigenvalue weighted by Gasteiger charge is 2.38. The molecule has 0 spiro atoms. The lowest BCUT2D eigenvalue weighted by Gasteiger charge is -2.45. The molecule has 33 heavy (non-hydrogen) atoms. The summed E-state index contributed by atoms with van der Waals surface area (Å²) >= 11 is 3.40. The van der Waals surface area contributed by atoms with Crippen LogP contribution < -0.4 is 15.1 Å². The largest absolute Gasteiger partial charge is 0.369 e. The monoisotopic (exact) mass is 509 g/mol. The number of halogens is 1. The smallest absolute Gasteiger partial charge is 0.335 e. The molecular formula is C26H28BrN3O3. The number of hydrogen-bond donors (Lipinski definition) is 1. The van der Waals surface area contributed by atoms with E-state index in [0.29, 0.717) is 11.6 Å². The van der Waals surface area contributed by atoms with Gasteiger partial charge in [-0.05, 0) is 98.7 Å². The van der Waals surface area contributed by atoms with Crippen molar-refractivity contribution in [3.63, 3.8) is 0 Å². The molecule has 0 radical (unpaired) electrons. The lowest BCUT2D eigenvalue weighted by atomic mass is 9.79. The molecule has 0 bridgehead atoms. The molecule has 1 fully saturated rings. The number of rotatable bonds is 2. The first kappa shape index (κ1) is 23.2. The first-order valence-electron chi connectivity index (χ1n) is 11.0. The van der Waals surface area contributed by atoms with Gasteiger partial charge in [-0.25, -0.2) is 9.69 Å². The van der Waals surface area contributed by atoms with Crippen LogP contribution in [0.5, 0.6) is 0 Å². The van der Waals surface area contributed by atoms with Gasteiger partial charge in [0.2, 0.25) is 0 Å². The van der Waals surface area contributed by atoms with E-state index in [0.717, 1.165) is 32.5 Å². The number of nitrogens with one attached hydrogen (secondary N) is 1. The highest BCUT2D eigenvalue weighted by Crippen LogP contribution is 2.43. The number of fused-ring (bicyclic) bond motifs is 1. The van der Waals surface area contributed by atoms with Gasteiger partial charge >= 0.3 is 6.03 Å². The molecule has 2 heterocycles. The van der Waals surface area contributed by atoms with Gasteiger partial charge in [0.25, 0.3) is 11.8 Å². The van der Waals surface area contributed by atoms with Crippen LogP contribution in [0.2, 0.25) is 0 Å². The molecule has 4 rings (SSSR count). The summed E-state index contributed by atoms with van der Waals surface area (Å²) in [4.78, 5) is 41.9. The van der Waals surface area contributed by atoms with E-state index in [1.807, 2.05) is 19.9 Å². The van der Waals surface area contributed by atoms with Crippen LogP contribution in [0.1, 0.15) is 55.4 Å². The van der Waals surface area contributed by atoms with Gasteiger partial charge in [0.15, 0.2) is 0 Å². The van der Waals surface area contributed by atoms with Gasteiger partial charge in [-0.1, -0.05) is 22.9 Å². The van der Waals surface area contributed by atoms with Crippen molar-refractivity contribution in [2.45, 2.75) is 52.5 Å². The van der Waals surface area contributed by atoms with Crippen molar-refractivity contribution in [1.82, 2.24) is 5.32 Å². The van der Waals surface area contributed by atoms with E-state index in [4.69, 9.17) is 0 Å². The first-order valence-corrected chi connectivity index (χ1v) is 11.8. The number of carbonyl (C=O) groups is 3. The summed E-state index contributed by atoms with van der Waals surface area (Å²) in [5.41, 5.74) is 5.29. The van der Waals surface area contributed by atoms with Crippen molar-refractivity contribution in [2.24, 2.45) is 0 Å². The molecule has 172 valence electrons. The van der Waals surface area contributed by atoms with Crippen LogP contribution in [0.15, 0.2) is 40.4 Å². The fourth-order valence-corrected chi connectivity index (χ4v) is 5.27. The van der Waals surface area contributed by atoms with Crippen molar-refractivity contribution in [3.8, 4) is 0 Å². The molecule has 2 aromatic carbocycles. The van der Waals surface area contributed by atoms with Crippen LogP contribution in [0.3, 0.4) is 0 Å². The lowest BCUT2D eigenvalue weighted by molar-refractivity contribution is -0.122. The quantitative estimate of drug-likeness (QED) is 0.431. The van der Waals surface area contributed by atoms with Gasteiger partial charge in [0.05, 0.1) is 5.69 Å². The molecule has 0 saturated carbocycles. The average Bonchev–Trinajstić information content (AvgIpc) is 2.71.